The van der Waals surface area contributed by atoms with Crippen LogP contribution >= 0.6 is 0 Å². The van der Waals surface area contributed by atoms with Crippen LogP contribution in [0.2, 0.25) is 0 Å². The molecule has 0 unspecified atom stereocenters. The fourth-order valence-corrected chi connectivity index (χ4v) is 4.08. The molecule has 1 atom stereocenters. The second kappa shape index (κ2) is 9.55. The van der Waals surface area contributed by atoms with E-state index in [0.29, 0.717) is 24.1 Å². The monoisotopic (exact) mass is 454 g/mol. The van der Waals surface area contributed by atoms with Crippen LogP contribution in [0.3, 0.4) is 0 Å². The molecule has 2 amide bonds. The molecule has 0 radical (unpaired) electrons. The van der Waals surface area contributed by atoms with Crippen molar-refractivity contribution in [1.82, 2.24) is 20.2 Å². The van der Waals surface area contributed by atoms with E-state index >= 15 is 0 Å². The first-order chi connectivity index (χ1) is 16.4. The topological polar surface area (TPSA) is 112 Å². The lowest BCUT2D eigenvalue weighted by Crippen LogP contribution is -2.51. The summed E-state index contributed by atoms with van der Waals surface area (Å²) >= 11 is 0. The van der Waals surface area contributed by atoms with Crippen LogP contribution in [0.25, 0.3) is 11.1 Å². The molecule has 0 bridgehead atoms. The van der Waals surface area contributed by atoms with Gasteiger partial charge in [-0.05, 0) is 47.4 Å². The summed E-state index contributed by atoms with van der Waals surface area (Å²) in [6.07, 6.45) is 12.1. The molecule has 0 saturated heterocycles. The van der Waals surface area contributed by atoms with E-state index in [4.69, 9.17) is 6.42 Å². The van der Waals surface area contributed by atoms with Gasteiger partial charge in [-0.2, -0.15) is 0 Å². The van der Waals surface area contributed by atoms with Gasteiger partial charge in [-0.3, -0.25) is 24.4 Å². The Kier molecular flexibility index (Phi) is 6.37. The van der Waals surface area contributed by atoms with Crippen molar-refractivity contribution in [1.29, 1.82) is 0 Å². The Bertz CT molecular complexity index is 1270. The molecule has 0 fully saturated rings. The molecule has 0 spiro atoms. The molecular weight excluding hydrogens is 432 g/mol. The molecule has 8 heteroatoms. The number of terminal acetylenes is 1. The van der Waals surface area contributed by atoms with Crippen molar-refractivity contribution in [3.8, 4) is 23.5 Å². The Morgan fingerprint density at radius 1 is 1.12 bits per heavy atom. The van der Waals surface area contributed by atoms with Crippen molar-refractivity contribution >= 4 is 17.8 Å². The molecule has 1 aliphatic heterocycles. The number of nitrogens with zero attached hydrogens (tertiary/aromatic N) is 3. The van der Waals surface area contributed by atoms with Gasteiger partial charge >= 0.3 is 5.97 Å². The first kappa shape index (κ1) is 22.7. The minimum absolute atomic E-state index is 0.249. The van der Waals surface area contributed by atoms with Crippen molar-refractivity contribution in [3.05, 3.63) is 83.9 Å². The molecule has 34 heavy (non-hydrogen) atoms. The highest BCUT2D eigenvalue weighted by Crippen LogP contribution is 2.27. The van der Waals surface area contributed by atoms with Crippen molar-refractivity contribution in [2.24, 2.45) is 0 Å². The van der Waals surface area contributed by atoms with E-state index < -0.39 is 23.8 Å². The highest BCUT2D eigenvalue weighted by atomic mass is 16.4. The maximum Gasteiger partial charge on any atom is 0.307 e. The summed E-state index contributed by atoms with van der Waals surface area (Å²) in [6.45, 7) is 0.115. The number of aromatic nitrogens is 2. The van der Waals surface area contributed by atoms with Crippen LogP contribution in [0.1, 0.15) is 27.9 Å². The molecule has 3 aromatic rings. The lowest BCUT2D eigenvalue weighted by Gasteiger charge is -2.32. The molecule has 4 rings (SSSR count). The molecule has 2 aromatic heterocycles. The van der Waals surface area contributed by atoms with Crippen LogP contribution in [-0.2, 0) is 21.5 Å². The van der Waals surface area contributed by atoms with Crippen molar-refractivity contribution in [2.45, 2.75) is 18.4 Å². The van der Waals surface area contributed by atoms with Crippen LogP contribution in [0.4, 0.5) is 0 Å². The molecule has 1 aliphatic rings. The third-order valence-electron chi connectivity index (χ3n) is 5.80. The summed E-state index contributed by atoms with van der Waals surface area (Å²) in [6, 6.07) is 12.7. The van der Waals surface area contributed by atoms with Crippen molar-refractivity contribution in [2.75, 3.05) is 13.1 Å². The van der Waals surface area contributed by atoms with Crippen LogP contribution < -0.4 is 5.32 Å². The molecule has 8 nitrogen and oxygen atoms in total. The van der Waals surface area contributed by atoms with Crippen LogP contribution in [0.5, 0.6) is 0 Å². The predicted octanol–water partition coefficient (Wildman–Crippen LogP) is 2.26. The lowest BCUT2D eigenvalue weighted by atomic mass is 9.88. The molecule has 3 heterocycles. The second-order valence-corrected chi connectivity index (χ2v) is 7.99. The number of hydrogen-bond donors (Lipinski definition) is 2. The SMILES string of the molecule is C#C[C@](CC(=O)O)(NC(=O)CN1CCc2ccc(-c3ccncc3)cc2C1=O)c1cccnc1. The van der Waals surface area contributed by atoms with Gasteiger partial charge < -0.3 is 15.3 Å². The molecule has 1 aromatic carbocycles. The van der Waals surface area contributed by atoms with Gasteiger partial charge in [-0.1, -0.05) is 24.1 Å². The molecule has 2 N–H and O–H groups in total. The predicted molar refractivity (Wildman–Crippen MR) is 124 cm³/mol. The van der Waals surface area contributed by atoms with E-state index in [9.17, 15) is 19.5 Å². The summed E-state index contributed by atoms with van der Waals surface area (Å²) in [7, 11) is 0. The number of fused-ring (bicyclic) bond motifs is 1. The Morgan fingerprint density at radius 3 is 2.59 bits per heavy atom. The normalized spacial score (nSPS) is 14.4. The number of carboxylic acid groups (broad SMARTS) is 1. The van der Waals surface area contributed by atoms with E-state index in [1.807, 2.05) is 30.3 Å². The number of rotatable bonds is 7. The number of carbonyl (C=O) groups is 3. The number of nitrogens with one attached hydrogen (secondary N) is 1. The highest BCUT2D eigenvalue weighted by molar-refractivity contribution is 6.00. The zero-order valence-electron chi connectivity index (χ0n) is 18.3. The maximum atomic E-state index is 13.2. The first-order valence-corrected chi connectivity index (χ1v) is 10.7. The van der Waals surface area contributed by atoms with Crippen molar-refractivity contribution < 1.29 is 19.5 Å². The maximum absolute atomic E-state index is 13.2. The quantitative estimate of drug-likeness (QED) is 0.530. The Morgan fingerprint density at radius 2 is 1.91 bits per heavy atom. The van der Waals surface area contributed by atoms with Gasteiger partial charge in [0.1, 0.15) is 5.54 Å². The van der Waals surface area contributed by atoms with E-state index in [1.165, 1.54) is 17.3 Å². The number of pyridine rings is 2. The van der Waals surface area contributed by atoms with Crippen LogP contribution in [0.15, 0.2) is 67.3 Å². The molecule has 0 aliphatic carbocycles. The largest absolute Gasteiger partial charge is 0.481 e. The van der Waals surface area contributed by atoms with E-state index in [0.717, 1.165) is 16.7 Å². The zero-order chi connectivity index (χ0) is 24.1. The van der Waals surface area contributed by atoms with Gasteiger partial charge in [0.15, 0.2) is 0 Å². The number of carbonyl (C=O) groups excluding carboxylic acids is 2. The summed E-state index contributed by atoms with van der Waals surface area (Å²) in [5.74, 6) is 0.434. The average molecular weight is 454 g/mol. The van der Waals surface area contributed by atoms with Gasteiger partial charge in [0, 0.05) is 42.5 Å². The number of benzene rings is 1. The van der Waals surface area contributed by atoms with Gasteiger partial charge in [0.05, 0.1) is 13.0 Å². The summed E-state index contributed by atoms with van der Waals surface area (Å²) in [5.41, 5.74) is 2.07. The molecule has 0 saturated carbocycles. The number of hydrogen-bond acceptors (Lipinski definition) is 5. The molecule has 170 valence electrons. The van der Waals surface area contributed by atoms with E-state index in [2.05, 4.69) is 21.2 Å². The second-order valence-electron chi connectivity index (χ2n) is 7.99. The van der Waals surface area contributed by atoms with Crippen LogP contribution in [0, 0.1) is 12.3 Å². The third kappa shape index (κ3) is 4.64. The smallest absolute Gasteiger partial charge is 0.307 e. The highest BCUT2D eigenvalue weighted by Gasteiger charge is 2.36. The van der Waals surface area contributed by atoms with Gasteiger partial charge in [-0.15, -0.1) is 6.42 Å². The minimum atomic E-state index is -1.58. The Labute approximate surface area is 196 Å². The van der Waals surface area contributed by atoms with E-state index in [1.54, 1.807) is 24.5 Å². The Hall–Kier alpha value is -4.51. The number of carboxylic acids is 1. The zero-order valence-corrected chi connectivity index (χ0v) is 18.3. The average Bonchev–Trinajstić information content (AvgIpc) is 2.86. The molecular formula is C26H22N4O4. The fraction of sp³-hybridized carbons (Fsp3) is 0.192. The summed E-state index contributed by atoms with van der Waals surface area (Å²) < 4.78 is 0. The number of aliphatic carboxylic acids is 1. The first-order valence-electron chi connectivity index (χ1n) is 10.7. The van der Waals surface area contributed by atoms with Crippen molar-refractivity contribution in [3.63, 3.8) is 0 Å². The minimum Gasteiger partial charge on any atom is -0.481 e. The van der Waals surface area contributed by atoms with E-state index in [-0.39, 0.29) is 12.5 Å². The summed E-state index contributed by atoms with van der Waals surface area (Å²) in [5, 5.41) is 12.1. The van der Waals surface area contributed by atoms with Crippen LogP contribution in [-0.4, -0.2) is 50.8 Å². The number of amides is 2. The van der Waals surface area contributed by atoms with Gasteiger partial charge in [-0.25, -0.2) is 0 Å². The summed E-state index contributed by atoms with van der Waals surface area (Å²) in [4.78, 5) is 47.1. The standard InChI is InChI=1S/C26H22N4O4/c1-2-26(15-24(32)33,21-4-3-10-28-16-21)29-23(31)17-30-13-9-19-5-6-20(14-22(19)25(30)34)18-7-11-27-12-8-18/h1,3-8,10-12,14,16H,9,13,15,17H2,(H,29,31)(H,32,33)/t26-/m1/s1. The van der Waals surface area contributed by atoms with Gasteiger partial charge in [0.25, 0.3) is 5.91 Å². The fourth-order valence-electron chi connectivity index (χ4n) is 4.08. The van der Waals surface area contributed by atoms with Gasteiger partial charge in [0.2, 0.25) is 5.91 Å². The Balaban J connectivity index is 1.54. The lowest BCUT2D eigenvalue weighted by molar-refractivity contribution is -0.138. The third-order valence-corrected chi connectivity index (χ3v) is 5.80.